The minimum absolute atomic E-state index is 0.118. The van der Waals surface area contributed by atoms with Gasteiger partial charge < -0.3 is 4.85 Å². The molecule has 0 N–H and O–H groups in total. The first-order valence-corrected chi connectivity index (χ1v) is 9.08. The van der Waals surface area contributed by atoms with Crippen molar-refractivity contribution in [2.24, 2.45) is 35.5 Å². The molecular formula is C21H31N. The summed E-state index contributed by atoms with van der Waals surface area (Å²) in [7, 11) is 0. The summed E-state index contributed by atoms with van der Waals surface area (Å²) in [5, 5.41) is 0. The minimum atomic E-state index is -0.118. The van der Waals surface area contributed by atoms with Crippen LogP contribution < -0.4 is 0 Å². The van der Waals surface area contributed by atoms with Crippen molar-refractivity contribution in [2.45, 2.75) is 65.3 Å². The molecule has 0 aromatic rings. The van der Waals surface area contributed by atoms with Gasteiger partial charge in [-0.25, -0.2) is 6.57 Å². The van der Waals surface area contributed by atoms with Crippen molar-refractivity contribution in [1.29, 1.82) is 0 Å². The number of hydrogen-bond donors (Lipinski definition) is 0. The zero-order valence-corrected chi connectivity index (χ0v) is 14.7. The molecule has 0 saturated heterocycles. The van der Waals surface area contributed by atoms with Crippen LogP contribution in [0.15, 0.2) is 23.8 Å². The van der Waals surface area contributed by atoms with Crippen LogP contribution in [0.3, 0.4) is 0 Å². The van der Waals surface area contributed by atoms with E-state index >= 15 is 0 Å². The zero-order chi connectivity index (χ0) is 16.1. The summed E-state index contributed by atoms with van der Waals surface area (Å²) in [5.41, 5.74) is 2.80. The van der Waals surface area contributed by atoms with E-state index in [0.717, 1.165) is 24.7 Å². The molecule has 0 amide bonds. The van der Waals surface area contributed by atoms with Crippen LogP contribution in [0.2, 0.25) is 0 Å². The van der Waals surface area contributed by atoms with E-state index in [1.165, 1.54) is 30.4 Å². The van der Waals surface area contributed by atoms with E-state index in [-0.39, 0.29) is 5.54 Å². The molecule has 1 heteroatoms. The first-order valence-electron chi connectivity index (χ1n) is 9.08. The highest BCUT2D eigenvalue weighted by atomic mass is 14.8. The highest BCUT2D eigenvalue weighted by Gasteiger charge is 2.59. The second kappa shape index (κ2) is 5.55. The maximum Gasteiger partial charge on any atom is 0.233 e. The zero-order valence-electron chi connectivity index (χ0n) is 14.7. The van der Waals surface area contributed by atoms with Gasteiger partial charge in [0.25, 0.3) is 0 Å². The van der Waals surface area contributed by atoms with Crippen molar-refractivity contribution < 1.29 is 0 Å². The Balaban J connectivity index is 2.02. The molecule has 0 aromatic carbocycles. The van der Waals surface area contributed by atoms with Crippen LogP contribution in [0, 0.1) is 42.1 Å². The molecule has 22 heavy (non-hydrogen) atoms. The molecule has 3 rings (SSSR count). The predicted octanol–water partition coefficient (Wildman–Crippen LogP) is 5.90. The molecule has 3 aliphatic carbocycles. The molecular weight excluding hydrogens is 266 g/mol. The molecule has 0 bridgehead atoms. The summed E-state index contributed by atoms with van der Waals surface area (Å²) in [6.45, 7) is 21.4. The summed E-state index contributed by atoms with van der Waals surface area (Å²) < 4.78 is 0. The van der Waals surface area contributed by atoms with Gasteiger partial charge in [-0.3, -0.25) is 0 Å². The van der Waals surface area contributed by atoms with Gasteiger partial charge in [-0.2, -0.15) is 0 Å². The van der Waals surface area contributed by atoms with Gasteiger partial charge in [0.05, 0.1) is 0 Å². The molecule has 3 aliphatic rings. The van der Waals surface area contributed by atoms with Gasteiger partial charge in [0.1, 0.15) is 0 Å². The van der Waals surface area contributed by atoms with Crippen molar-refractivity contribution >= 4 is 0 Å². The predicted molar refractivity (Wildman–Crippen MR) is 93.3 cm³/mol. The van der Waals surface area contributed by atoms with Gasteiger partial charge in [0.2, 0.25) is 5.54 Å². The van der Waals surface area contributed by atoms with Crippen molar-refractivity contribution in [2.75, 3.05) is 0 Å². The number of hydrogen-bond acceptors (Lipinski definition) is 0. The molecule has 1 nitrogen and oxygen atoms in total. The van der Waals surface area contributed by atoms with Crippen LogP contribution in [-0.2, 0) is 0 Å². The Kier molecular flexibility index (Phi) is 4.00. The Hall–Kier alpha value is -1.03. The fourth-order valence-corrected chi connectivity index (χ4v) is 6.09. The van der Waals surface area contributed by atoms with Crippen LogP contribution in [-0.4, -0.2) is 5.54 Å². The van der Waals surface area contributed by atoms with E-state index < -0.39 is 0 Å². The Morgan fingerprint density at radius 1 is 1.36 bits per heavy atom. The van der Waals surface area contributed by atoms with Crippen molar-refractivity contribution in [1.82, 2.24) is 0 Å². The number of nitrogens with zero attached hydrogens (tertiary/aromatic N) is 1. The number of rotatable bonds is 1. The van der Waals surface area contributed by atoms with Crippen molar-refractivity contribution in [3.8, 4) is 0 Å². The van der Waals surface area contributed by atoms with E-state index in [1.807, 2.05) is 0 Å². The normalized spacial score (nSPS) is 47.3. The monoisotopic (exact) mass is 297 g/mol. The quantitative estimate of drug-likeness (QED) is 0.419. The molecule has 0 aromatic heterocycles. The highest BCUT2D eigenvalue weighted by Crippen LogP contribution is 2.61. The third kappa shape index (κ3) is 2.36. The van der Waals surface area contributed by atoms with Gasteiger partial charge in [0, 0.05) is 19.3 Å². The first-order chi connectivity index (χ1) is 10.4. The smallest absolute Gasteiger partial charge is 0.233 e. The lowest BCUT2D eigenvalue weighted by molar-refractivity contribution is -0.0389. The third-order valence-corrected chi connectivity index (χ3v) is 7.04. The average Bonchev–Trinajstić information content (AvgIpc) is 2.45. The maximum atomic E-state index is 7.78. The Morgan fingerprint density at radius 2 is 2.09 bits per heavy atom. The summed E-state index contributed by atoms with van der Waals surface area (Å²) in [4.78, 5) is 4.13. The topological polar surface area (TPSA) is 4.36 Å². The Bertz CT molecular complexity index is 533. The lowest BCUT2D eigenvalue weighted by Crippen LogP contribution is -2.54. The van der Waals surface area contributed by atoms with Gasteiger partial charge in [-0.05, 0) is 69.1 Å². The van der Waals surface area contributed by atoms with E-state index in [0.29, 0.717) is 23.7 Å². The summed E-state index contributed by atoms with van der Waals surface area (Å²) >= 11 is 0. The summed E-state index contributed by atoms with van der Waals surface area (Å²) in [6, 6.07) is 0. The average molecular weight is 297 g/mol. The first kappa shape index (κ1) is 15.9. The van der Waals surface area contributed by atoms with Gasteiger partial charge in [-0.1, -0.05) is 30.7 Å². The van der Waals surface area contributed by atoms with Crippen LogP contribution in [0.1, 0.15) is 59.8 Å². The molecule has 0 heterocycles. The molecule has 3 fully saturated rings. The summed E-state index contributed by atoms with van der Waals surface area (Å²) in [5.74, 6) is 4.21. The Labute approximate surface area is 136 Å². The van der Waals surface area contributed by atoms with Crippen LogP contribution in [0.5, 0.6) is 0 Å². The SMILES string of the molecule is [C-]#[N+][C@@]1(C)CC[C@H]2C3[C@@H](C(=C)CC[C@H]31)[C@H](C=C(C)C)C[C@@H]2C. The van der Waals surface area contributed by atoms with Crippen LogP contribution in [0.4, 0.5) is 0 Å². The van der Waals surface area contributed by atoms with Crippen LogP contribution in [0.25, 0.3) is 4.85 Å². The minimum Gasteiger partial charge on any atom is -0.310 e. The van der Waals surface area contributed by atoms with E-state index in [2.05, 4.69) is 45.2 Å². The van der Waals surface area contributed by atoms with E-state index in [4.69, 9.17) is 6.57 Å². The third-order valence-electron chi connectivity index (χ3n) is 7.04. The van der Waals surface area contributed by atoms with E-state index in [9.17, 15) is 0 Å². The van der Waals surface area contributed by atoms with Gasteiger partial charge in [0.15, 0.2) is 0 Å². The largest absolute Gasteiger partial charge is 0.310 e. The standard InChI is InChI=1S/C21H31N/c1-13(2)11-16-12-15(4)17-9-10-21(5,22-6)18-8-7-14(3)19(16)20(17)18/h11,15-20H,3,7-10,12H2,1-2,4-5H3/t15-,16+,17+,18+,19-,20?,21-/m0/s1. The van der Waals surface area contributed by atoms with Gasteiger partial charge in [-0.15, -0.1) is 0 Å². The second-order valence-electron chi connectivity index (χ2n) is 8.70. The molecule has 0 aliphatic heterocycles. The van der Waals surface area contributed by atoms with E-state index in [1.54, 1.807) is 0 Å². The highest BCUT2D eigenvalue weighted by molar-refractivity contribution is 5.22. The fraction of sp³-hybridized carbons (Fsp3) is 0.762. The fourth-order valence-electron chi connectivity index (χ4n) is 6.09. The summed E-state index contributed by atoms with van der Waals surface area (Å²) in [6.07, 6.45) is 8.53. The molecule has 0 spiro atoms. The molecule has 0 radical (unpaired) electrons. The lowest BCUT2D eigenvalue weighted by atomic mass is 9.46. The van der Waals surface area contributed by atoms with Crippen molar-refractivity contribution in [3.63, 3.8) is 0 Å². The Morgan fingerprint density at radius 3 is 2.73 bits per heavy atom. The second-order valence-corrected chi connectivity index (χ2v) is 8.70. The maximum absolute atomic E-state index is 7.78. The lowest BCUT2D eigenvalue weighted by Gasteiger charge is -2.57. The molecule has 120 valence electrons. The molecule has 1 unspecified atom stereocenters. The van der Waals surface area contributed by atoms with Gasteiger partial charge >= 0.3 is 0 Å². The van der Waals surface area contributed by atoms with Crippen molar-refractivity contribution in [3.05, 3.63) is 35.2 Å². The number of allylic oxidation sites excluding steroid dienone is 3. The van der Waals surface area contributed by atoms with Crippen LogP contribution >= 0.6 is 0 Å². The molecule has 3 saturated carbocycles. The molecule has 7 atom stereocenters.